The minimum absolute atomic E-state index is 0.308. The molecule has 0 aliphatic carbocycles. The quantitative estimate of drug-likeness (QED) is 0.190. The van der Waals surface area contributed by atoms with E-state index in [4.69, 9.17) is 20.9 Å². The zero-order chi connectivity index (χ0) is 20.9. The fraction of sp³-hybridized carbons (Fsp3) is 0.875. The fourth-order valence-electron chi connectivity index (χ4n) is 1.36. The van der Waals surface area contributed by atoms with Crippen molar-refractivity contribution in [2.45, 2.75) is 64.5 Å². The molecule has 162 valence electrons. The molecular formula is C16H35N3O5S3. The number of nitrogens with one attached hydrogen (secondary N) is 1. The Balaban J connectivity index is 0. The van der Waals surface area contributed by atoms with Gasteiger partial charge in [-0.1, -0.05) is 26.7 Å². The minimum Gasteiger partial charge on any atom is -0.465 e. The van der Waals surface area contributed by atoms with Crippen molar-refractivity contribution in [2.24, 2.45) is 11.5 Å². The van der Waals surface area contributed by atoms with Gasteiger partial charge in [-0.3, -0.25) is 13.5 Å². The first kappa shape index (κ1) is 28.6. The van der Waals surface area contributed by atoms with Crippen molar-refractivity contribution in [3.05, 3.63) is 0 Å². The molecule has 0 fully saturated rings. The van der Waals surface area contributed by atoms with Gasteiger partial charge in [0.15, 0.2) is 11.8 Å². The van der Waals surface area contributed by atoms with Gasteiger partial charge in [-0.05, 0) is 37.2 Å². The van der Waals surface area contributed by atoms with Gasteiger partial charge in [-0.25, -0.2) is 0 Å². The minimum atomic E-state index is -0.501. The summed E-state index contributed by atoms with van der Waals surface area (Å²) in [4.78, 5) is 22.1. The maximum atomic E-state index is 11.0. The van der Waals surface area contributed by atoms with Gasteiger partial charge in [0.2, 0.25) is 0 Å². The smallest absolute Gasteiger partial charge is 0.322 e. The van der Waals surface area contributed by atoms with E-state index in [1.165, 1.54) is 11.8 Å². The Morgan fingerprint density at radius 3 is 1.52 bits per heavy atom. The van der Waals surface area contributed by atoms with E-state index in [0.717, 1.165) is 25.7 Å². The number of hydrogen-bond donors (Lipinski definition) is 5. The number of aromatic amines is 1. The molecule has 1 aromatic heterocycles. The summed E-state index contributed by atoms with van der Waals surface area (Å²) in [6, 6.07) is -1.00. The molecule has 1 aromatic rings. The highest BCUT2D eigenvalue weighted by atomic mass is 32.1. The third-order valence-electron chi connectivity index (χ3n) is 3.05. The molecule has 8 nitrogen and oxygen atoms in total. The molecule has 0 aliphatic rings. The lowest BCUT2D eigenvalue weighted by atomic mass is 10.2. The number of nitrogens with two attached hydrogens (primary N) is 2. The molecule has 0 saturated heterocycles. The van der Waals surface area contributed by atoms with Crippen molar-refractivity contribution in [3.63, 3.8) is 0 Å². The van der Waals surface area contributed by atoms with Crippen LogP contribution in [0.1, 0.15) is 52.4 Å². The number of rotatable bonds is 12. The number of carbonyl (C=O) groups is 2. The van der Waals surface area contributed by atoms with Gasteiger partial charge in [0.05, 0.1) is 13.2 Å². The van der Waals surface area contributed by atoms with Crippen LogP contribution in [0.5, 0.6) is 0 Å². The average Bonchev–Trinajstić information content (AvgIpc) is 3.52. The highest BCUT2D eigenvalue weighted by molar-refractivity contribution is 7.80. The SMILES string of the molecule is CCCCOC(=O)[C@@H](N)CCS.CCCCOC(=O)[C@@H](N)CCS.[nH]1os1. The van der Waals surface area contributed by atoms with Crippen LogP contribution in [-0.4, -0.2) is 53.3 Å². The van der Waals surface area contributed by atoms with Crippen LogP contribution >= 0.6 is 37.1 Å². The zero-order valence-corrected chi connectivity index (χ0v) is 18.8. The summed E-state index contributed by atoms with van der Waals surface area (Å²) >= 11 is 9.20. The number of H-pyrrole nitrogens is 1. The Kier molecular flexibility index (Phi) is 23.0. The van der Waals surface area contributed by atoms with Crippen LogP contribution in [0.25, 0.3) is 0 Å². The Morgan fingerprint density at radius 2 is 1.30 bits per heavy atom. The lowest BCUT2D eigenvalue weighted by Crippen LogP contribution is -2.32. The summed E-state index contributed by atoms with van der Waals surface area (Å²) in [5, 5.41) is 0. The highest BCUT2D eigenvalue weighted by Gasteiger charge is 2.13. The molecule has 0 aromatic carbocycles. The molecule has 5 N–H and O–H groups in total. The second-order valence-electron chi connectivity index (χ2n) is 5.53. The third kappa shape index (κ3) is 23.3. The molecule has 11 heteroatoms. The molecule has 0 spiro atoms. The number of esters is 2. The van der Waals surface area contributed by atoms with E-state index in [-0.39, 0.29) is 11.9 Å². The van der Waals surface area contributed by atoms with Crippen molar-refractivity contribution in [1.29, 1.82) is 0 Å². The lowest BCUT2D eigenvalue weighted by molar-refractivity contribution is -0.146. The standard InChI is InChI=1S/2C8H17NO2S.HNOS/c2*1-2-3-5-11-8(10)7(9)4-6-12;1-2-3-1/h2*7,12H,2-6,9H2,1H3;1H/t2*7-;/m00./s1. The summed E-state index contributed by atoms with van der Waals surface area (Å²) in [6.07, 6.45) is 5.00. The van der Waals surface area contributed by atoms with E-state index < -0.39 is 12.1 Å². The third-order valence-corrected chi connectivity index (χ3v) is 3.74. The van der Waals surface area contributed by atoms with Gasteiger partial charge >= 0.3 is 11.9 Å². The van der Waals surface area contributed by atoms with Crippen molar-refractivity contribution in [3.8, 4) is 0 Å². The van der Waals surface area contributed by atoms with Crippen LogP contribution in [-0.2, 0) is 19.1 Å². The first-order chi connectivity index (χ1) is 12.9. The summed E-state index contributed by atoms with van der Waals surface area (Å²) in [5.41, 5.74) is 11.0. The molecule has 2 atom stereocenters. The van der Waals surface area contributed by atoms with Gasteiger partial charge in [-0.15, -0.1) is 4.55 Å². The van der Waals surface area contributed by atoms with Crippen molar-refractivity contribution in [1.82, 2.24) is 4.55 Å². The number of thiol groups is 2. The molecular weight excluding hydrogens is 410 g/mol. The predicted molar refractivity (Wildman–Crippen MR) is 116 cm³/mol. The van der Waals surface area contributed by atoms with Crippen LogP contribution < -0.4 is 11.5 Å². The Labute approximate surface area is 177 Å². The molecule has 0 radical (unpaired) electrons. The summed E-state index contributed by atoms with van der Waals surface area (Å²) in [5.74, 6) is 0.615. The highest BCUT2D eigenvalue weighted by Crippen LogP contribution is 1.97. The molecule has 1 heterocycles. The summed E-state index contributed by atoms with van der Waals surface area (Å²) < 4.78 is 16.4. The molecule has 27 heavy (non-hydrogen) atoms. The lowest BCUT2D eigenvalue weighted by Gasteiger charge is -2.09. The Morgan fingerprint density at radius 1 is 0.963 bits per heavy atom. The van der Waals surface area contributed by atoms with Gasteiger partial charge in [0, 0.05) is 0 Å². The van der Waals surface area contributed by atoms with Gasteiger partial charge in [-0.2, -0.15) is 25.3 Å². The number of aromatic nitrogens is 1. The first-order valence-corrected chi connectivity index (χ1v) is 11.1. The summed E-state index contributed by atoms with van der Waals surface area (Å²) in [6.45, 7) is 5.05. The largest absolute Gasteiger partial charge is 0.465 e. The number of unbranched alkanes of at least 4 members (excludes halogenated alkanes) is 2. The van der Waals surface area contributed by atoms with E-state index in [9.17, 15) is 9.59 Å². The molecule has 0 bridgehead atoms. The Bertz CT molecular complexity index is 384. The van der Waals surface area contributed by atoms with Gasteiger partial charge in [0.1, 0.15) is 12.1 Å². The van der Waals surface area contributed by atoms with Crippen LogP contribution in [0.2, 0.25) is 0 Å². The van der Waals surface area contributed by atoms with Crippen LogP contribution in [0, 0.1) is 0 Å². The molecule has 0 aliphatic heterocycles. The zero-order valence-electron chi connectivity index (χ0n) is 16.2. The van der Waals surface area contributed by atoms with E-state index in [1.54, 1.807) is 0 Å². The van der Waals surface area contributed by atoms with Gasteiger partial charge in [0.25, 0.3) is 0 Å². The predicted octanol–water partition coefficient (Wildman–Crippen LogP) is 2.62. The molecule has 1 rings (SSSR count). The van der Waals surface area contributed by atoms with Crippen LogP contribution in [0.3, 0.4) is 0 Å². The average molecular weight is 446 g/mol. The molecule has 0 saturated carbocycles. The van der Waals surface area contributed by atoms with Crippen molar-refractivity contribution < 1.29 is 23.0 Å². The monoisotopic (exact) mass is 445 g/mol. The molecule has 0 unspecified atom stereocenters. The number of carbonyl (C=O) groups excluding carboxylic acids is 2. The number of hydrogen-bond acceptors (Lipinski definition) is 10. The van der Waals surface area contributed by atoms with E-state index >= 15 is 0 Å². The van der Waals surface area contributed by atoms with Gasteiger partial charge < -0.3 is 20.9 Å². The normalized spacial score (nSPS) is 12.1. The summed E-state index contributed by atoms with van der Waals surface area (Å²) in [7, 11) is 0. The topological polar surface area (TPSA) is 134 Å². The van der Waals surface area contributed by atoms with Crippen molar-refractivity contribution in [2.75, 3.05) is 24.7 Å². The van der Waals surface area contributed by atoms with Crippen LogP contribution in [0.4, 0.5) is 0 Å². The second-order valence-corrected chi connectivity index (χ2v) is 6.92. The second kappa shape index (κ2) is 21.7. The fourth-order valence-corrected chi connectivity index (χ4v) is 1.92. The molecule has 0 amide bonds. The van der Waals surface area contributed by atoms with E-state index in [0.29, 0.717) is 37.6 Å². The van der Waals surface area contributed by atoms with E-state index in [2.05, 4.69) is 33.8 Å². The number of ether oxygens (including phenoxy) is 2. The van der Waals surface area contributed by atoms with Crippen molar-refractivity contribution >= 4 is 49.0 Å². The van der Waals surface area contributed by atoms with Crippen LogP contribution in [0.15, 0.2) is 3.96 Å². The van der Waals surface area contributed by atoms with E-state index in [1.807, 2.05) is 13.8 Å². The maximum absolute atomic E-state index is 11.0. The first-order valence-electron chi connectivity index (χ1n) is 9.08. The maximum Gasteiger partial charge on any atom is 0.322 e. The Hall–Kier alpha value is -0.620.